The highest BCUT2D eigenvalue weighted by Crippen LogP contribution is 2.01. The lowest BCUT2D eigenvalue weighted by Gasteiger charge is -2.05. The number of nitrogens with zero attached hydrogens (tertiary/aromatic N) is 2. The molecule has 0 unspecified atom stereocenters. The first kappa shape index (κ1) is 14.1. The van der Waals surface area contributed by atoms with Crippen molar-refractivity contribution in [2.75, 3.05) is 19.8 Å². The van der Waals surface area contributed by atoms with Gasteiger partial charge in [0.05, 0.1) is 6.61 Å². The number of hydrogen-bond acceptors (Lipinski definition) is 5. The van der Waals surface area contributed by atoms with E-state index in [1.165, 1.54) is 0 Å². The molecule has 0 fully saturated rings. The number of hydrogen-bond donors (Lipinski definition) is 1. The molecule has 17 heavy (non-hydrogen) atoms. The summed E-state index contributed by atoms with van der Waals surface area (Å²) < 4.78 is 10.4. The summed E-state index contributed by atoms with van der Waals surface area (Å²) in [6.45, 7) is 8.62. The minimum absolute atomic E-state index is 0.527. The van der Waals surface area contributed by atoms with Crippen LogP contribution < -0.4 is 5.32 Å². The number of nitrogens with one attached hydrogen (secondary N) is 1. The van der Waals surface area contributed by atoms with Crippen LogP contribution in [0.15, 0.2) is 4.52 Å². The van der Waals surface area contributed by atoms with Crippen molar-refractivity contribution in [2.24, 2.45) is 0 Å². The molecule has 0 atom stereocenters. The summed E-state index contributed by atoms with van der Waals surface area (Å²) >= 11 is 0. The second-order valence-electron chi connectivity index (χ2n) is 4.26. The van der Waals surface area contributed by atoms with E-state index in [1.807, 2.05) is 6.92 Å². The summed E-state index contributed by atoms with van der Waals surface area (Å²) in [6, 6.07) is 0.527. The lowest BCUT2D eigenvalue weighted by Crippen LogP contribution is -2.23. The highest BCUT2D eigenvalue weighted by atomic mass is 16.5. The van der Waals surface area contributed by atoms with Crippen LogP contribution in [0.2, 0.25) is 0 Å². The second-order valence-corrected chi connectivity index (χ2v) is 4.26. The molecule has 1 N–H and O–H groups in total. The standard InChI is InChI=1S/C12H23N3O2/c1-4-16-9-7-11-14-12(17-15-11)6-5-8-13-10(2)3/h10,13H,4-9H2,1-3H3. The van der Waals surface area contributed by atoms with E-state index in [0.29, 0.717) is 12.6 Å². The SMILES string of the molecule is CCOCCc1noc(CCCNC(C)C)n1. The van der Waals surface area contributed by atoms with Crippen molar-refractivity contribution in [2.45, 2.75) is 46.1 Å². The fraction of sp³-hybridized carbons (Fsp3) is 0.833. The third kappa shape index (κ3) is 6.38. The van der Waals surface area contributed by atoms with E-state index >= 15 is 0 Å². The van der Waals surface area contributed by atoms with E-state index in [2.05, 4.69) is 29.3 Å². The van der Waals surface area contributed by atoms with Gasteiger partial charge in [-0.3, -0.25) is 0 Å². The normalized spacial score (nSPS) is 11.3. The van der Waals surface area contributed by atoms with Crippen molar-refractivity contribution in [3.63, 3.8) is 0 Å². The van der Waals surface area contributed by atoms with Crippen LogP contribution in [0.5, 0.6) is 0 Å². The minimum Gasteiger partial charge on any atom is -0.381 e. The number of aryl methyl sites for hydroxylation is 1. The van der Waals surface area contributed by atoms with E-state index in [1.54, 1.807) is 0 Å². The smallest absolute Gasteiger partial charge is 0.226 e. The predicted molar refractivity (Wildman–Crippen MR) is 66.0 cm³/mol. The van der Waals surface area contributed by atoms with Crippen LogP contribution in [0.3, 0.4) is 0 Å². The zero-order valence-corrected chi connectivity index (χ0v) is 11.0. The maximum atomic E-state index is 5.24. The van der Waals surface area contributed by atoms with Crippen LogP contribution in [0, 0.1) is 0 Å². The van der Waals surface area contributed by atoms with Crippen LogP contribution in [0.25, 0.3) is 0 Å². The Morgan fingerprint density at radius 3 is 2.88 bits per heavy atom. The van der Waals surface area contributed by atoms with Gasteiger partial charge in [0.25, 0.3) is 0 Å². The van der Waals surface area contributed by atoms with E-state index in [-0.39, 0.29) is 0 Å². The molecule has 5 heteroatoms. The van der Waals surface area contributed by atoms with Crippen LogP contribution >= 0.6 is 0 Å². The maximum Gasteiger partial charge on any atom is 0.226 e. The molecule has 1 heterocycles. The lowest BCUT2D eigenvalue weighted by atomic mass is 10.3. The molecule has 1 aromatic rings. The molecule has 0 aliphatic rings. The number of rotatable bonds is 9. The van der Waals surface area contributed by atoms with Gasteiger partial charge in [0.1, 0.15) is 0 Å². The molecule has 0 radical (unpaired) electrons. The molecular formula is C12H23N3O2. The van der Waals surface area contributed by atoms with Gasteiger partial charge in [0.2, 0.25) is 5.89 Å². The Balaban J connectivity index is 2.16. The van der Waals surface area contributed by atoms with Gasteiger partial charge >= 0.3 is 0 Å². The first-order chi connectivity index (χ1) is 8.22. The van der Waals surface area contributed by atoms with Gasteiger partial charge in [-0.15, -0.1) is 0 Å². The molecule has 1 aromatic heterocycles. The molecule has 0 aliphatic heterocycles. The molecule has 0 saturated carbocycles. The third-order valence-corrected chi connectivity index (χ3v) is 2.30. The van der Waals surface area contributed by atoms with E-state index in [4.69, 9.17) is 9.26 Å². The van der Waals surface area contributed by atoms with Gasteiger partial charge < -0.3 is 14.6 Å². The summed E-state index contributed by atoms with van der Waals surface area (Å²) in [5.74, 6) is 1.47. The van der Waals surface area contributed by atoms with Crippen molar-refractivity contribution >= 4 is 0 Å². The molecule has 0 aromatic carbocycles. The van der Waals surface area contributed by atoms with Crippen molar-refractivity contribution in [1.29, 1.82) is 0 Å². The number of aromatic nitrogens is 2. The largest absolute Gasteiger partial charge is 0.381 e. The third-order valence-electron chi connectivity index (χ3n) is 2.30. The Morgan fingerprint density at radius 1 is 1.35 bits per heavy atom. The Hall–Kier alpha value is -0.940. The maximum absolute atomic E-state index is 5.24. The van der Waals surface area contributed by atoms with Crippen molar-refractivity contribution in [3.05, 3.63) is 11.7 Å². The molecule has 0 bridgehead atoms. The summed E-state index contributed by atoms with van der Waals surface area (Å²) in [5.41, 5.74) is 0. The molecule has 1 rings (SSSR count). The summed E-state index contributed by atoms with van der Waals surface area (Å²) in [4.78, 5) is 4.31. The fourth-order valence-corrected chi connectivity index (χ4v) is 1.43. The minimum atomic E-state index is 0.527. The summed E-state index contributed by atoms with van der Waals surface area (Å²) in [5, 5.41) is 7.27. The van der Waals surface area contributed by atoms with Gasteiger partial charge in [-0.25, -0.2) is 0 Å². The molecule has 0 aliphatic carbocycles. The molecule has 0 saturated heterocycles. The van der Waals surface area contributed by atoms with Crippen LogP contribution in [-0.2, 0) is 17.6 Å². The summed E-state index contributed by atoms with van der Waals surface area (Å²) in [6.07, 6.45) is 2.58. The average Bonchev–Trinajstić information content (AvgIpc) is 2.73. The summed E-state index contributed by atoms with van der Waals surface area (Å²) in [7, 11) is 0. The molecule has 5 nitrogen and oxygen atoms in total. The molecular weight excluding hydrogens is 218 g/mol. The van der Waals surface area contributed by atoms with Crippen LogP contribution in [0.1, 0.15) is 38.9 Å². The van der Waals surface area contributed by atoms with Crippen molar-refractivity contribution in [1.82, 2.24) is 15.5 Å². The highest BCUT2D eigenvalue weighted by Gasteiger charge is 2.05. The average molecular weight is 241 g/mol. The van der Waals surface area contributed by atoms with Gasteiger partial charge in [-0.2, -0.15) is 4.98 Å². The van der Waals surface area contributed by atoms with E-state index in [0.717, 1.165) is 44.1 Å². The molecule has 0 amide bonds. The van der Waals surface area contributed by atoms with Gasteiger partial charge in [-0.05, 0) is 19.9 Å². The van der Waals surface area contributed by atoms with Crippen LogP contribution in [0.4, 0.5) is 0 Å². The Bertz CT molecular complexity index is 300. The monoisotopic (exact) mass is 241 g/mol. The highest BCUT2D eigenvalue weighted by molar-refractivity contribution is 4.86. The Labute approximate surface area is 103 Å². The van der Waals surface area contributed by atoms with Crippen LogP contribution in [-0.4, -0.2) is 35.9 Å². The number of ether oxygens (including phenoxy) is 1. The predicted octanol–water partition coefficient (Wildman–Crippen LogP) is 1.58. The second kappa shape index (κ2) is 8.20. The first-order valence-corrected chi connectivity index (χ1v) is 6.35. The van der Waals surface area contributed by atoms with Gasteiger partial charge in [0.15, 0.2) is 5.82 Å². The van der Waals surface area contributed by atoms with E-state index < -0.39 is 0 Å². The molecule has 98 valence electrons. The fourth-order valence-electron chi connectivity index (χ4n) is 1.43. The Morgan fingerprint density at radius 2 is 2.18 bits per heavy atom. The quantitative estimate of drug-likeness (QED) is 0.665. The zero-order valence-electron chi connectivity index (χ0n) is 11.0. The van der Waals surface area contributed by atoms with E-state index in [9.17, 15) is 0 Å². The first-order valence-electron chi connectivity index (χ1n) is 6.35. The molecule has 0 spiro atoms. The van der Waals surface area contributed by atoms with Gasteiger partial charge in [-0.1, -0.05) is 19.0 Å². The topological polar surface area (TPSA) is 60.2 Å². The van der Waals surface area contributed by atoms with Crippen molar-refractivity contribution < 1.29 is 9.26 Å². The Kier molecular flexibility index (Phi) is 6.81. The van der Waals surface area contributed by atoms with Crippen molar-refractivity contribution in [3.8, 4) is 0 Å². The van der Waals surface area contributed by atoms with Gasteiger partial charge in [0, 0.05) is 25.5 Å². The lowest BCUT2D eigenvalue weighted by molar-refractivity contribution is 0.149. The zero-order chi connectivity index (χ0) is 12.5.